The number of nitrogens with zero attached hydrogens (tertiary/aromatic N) is 2. The molecule has 0 aliphatic carbocycles. The Balaban J connectivity index is 1.99. The van der Waals surface area contributed by atoms with Crippen LogP contribution in [0.4, 0.5) is 11.5 Å². The first-order valence-corrected chi connectivity index (χ1v) is 8.67. The number of para-hydroxylation sites is 2. The van der Waals surface area contributed by atoms with E-state index in [2.05, 4.69) is 10.3 Å². The van der Waals surface area contributed by atoms with Crippen LogP contribution in [-0.2, 0) is 11.3 Å². The van der Waals surface area contributed by atoms with Crippen LogP contribution in [0.25, 0.3) is 16.6 Å². The van der Waals surface area contributed by atoms with Crippen molar-refractivity contribution >= 4 is 22.4 Å². The quantitative estimate of drug-likeness (QED) is 0.579. The minimum atomic E-state index is -0.0768. The number of nitrogens with one attached hydrogen (secondary N) is 1. The lowest BCUT2D eigenvalue weighted by Gasteiger charge is -2.18. The summed E-state index contributed by atoms with van der Waals surface area (Å²) in [6.07, 6.45) is 1.62. The average molecular weight is 357 g/mol. The zero-order valence-corrected chi connectivity index (χ0v) is 14.9. The van der Waals surface area contributed by atoms with Crippen LogP contribution >= 0.6 is 0 Å². The molecule has 0 atom stereocenters. The molecule has 134 valence electrons. The number of anilines is 2. The van der Waals surface area contributed by atoms with Crippen molar-refractivity contribution in [3.63, 3.8) is 0 Å². The third-order valence-electron chi connectivity index (χ3n) is 4.31. The number of rotatable bonds is 5. The van der Waals surface area contributed by atoms with Crippen LogP contribution in [0.2, 0.25) is 0 Å². The molecule has 5 nitrogen and oxygen atoms in total. The number of fused-ring (bicyclic) bond motifs is 1. The first-order valence-electron chi connectivity index (χ1n) is 8.67. The van der Waals surface area contributed by atoms with E-state index in [4.69, 9.17) is 4.74 Å². The predicted molar refractivity (Wildman–Crippen MR) is 108 cm³/mol. The predicted octanol–water partition coefficient (Wildman–Crippen LogP) is 4.28. The van der Waals surface area contributed by atoms with Crippen molar-refractivity contribution in [3.8, 4) is 5.69 Å². The molecule has 1 N–H and O–H groups in total. The highest BCUT2D eigenvalue weighted by Gasteiger charge is 2.12. The maximum absolute atomic E-state index is 12.7. The fourth-order valence-corrected chi connectivity index (χ4v) is 3.10. The zero-order valence-electron chi connectivity index (χ0n) is 14.9. The first kappa shape index (κ1) is 17.0. The van der Waals surface area contributed by atoms with Gasteiger partial charge in [0.1, 0.15) is 5.82 Å². The summed E-state index contributed by atoms with van der Waals surface area (Å²) in [5.74, 6) is 0.694. The monoisotopic (exact) mass is 357 g/mol. The highest BCUT2D eigenvalue weighted by atomic mass is 16.5. The molecule has 5 heteroatoms. The molecular formula is C22H19N3O2. The Morgan fingerprint density at radius 1 is 1.00 bits per heavy atom. The van der Waals surface area contributed by atoms with Gasteiger partial charge in [0.25, 0.3) is 0 Å². The molecule has 2 aromatic heterocycles. The molecule has 0 saturated heterocycles. The molecule has 0 spiro atoms. The molecule has 2 heterocycles. The smallest absolute Gasteiger partial charge is 0.193 e. The molecule has 27 heavy (non-hydrogen) atoms. The van der Waals surface area contributed by atoms with Crippen LogP contribution in [0.3, 0.4) is 0 Å². The average Bonchev–Trinajstić information content (AvgIpc) is 2.70. The van der Waals surface area contributed by atoms with Crippen LogP contribution in [0, 0.1) is 0 Å². The molecule has 4 aromatic rings. The van der Waals surface area contributed by atoms with Gasteiger partial charge in [-0.3, -0.25) is 14.3 Å². The second-order valence-corrected chi connectivity index (χ2v) is 6.18. The lowest BCUT2D eigenvalue weighted by molar-refractivity contribution is 0.181. The van der Waals surface area contributed by atoms with E-state index in [9.17, 15) is 4.79 Å². The van der Waals surface area contributed by atoms with Crippen LogP contribution in [0.15, 0.2) is 83.8 Å². The van der Waals surface area contributed by atoms with Crippen LogP contribution in [-0.4, -0.2) is 16.7 Å². The van der Waals surface area contributed by atoms with E-state index in [0.29, 0.717) is 17.8 Å². The van der Waals surface area contributed by atoms with Crippen molar-refractivity contribution in [2.75, 3.05) is 12.4 Å². The molecule has 0 amide bonds. The van der Waals surface area contributed by atoms with E-state index < -0.39 is 0 Å². The Bertz CT molecular complexity index is 1120. The Morgan fingerprint density at radius 3 is 2.41 bits per heavy atom. The topological polar surface area (TPSA) is 56.1 Å². The SMILES string of the molecule is COCc1cc2c(cn1)c(=O)cc(Nc1ccccc1)n2-c1ccccc1. The summed E-state index contributed by atoms with van der Waals surface area (Å²) >= 11 is 0. The van der Waals surface area contributed by atoms with Gasteiger partial charge in [0.05, 0.1) is 23.2 Å². The lowest BCUT2D eigenvalue weighted by Crippen LogP contribution is -2.13. The number of aromatic nitrogens is 2. The summed E-state index contributed by atoms with van der Waals surface area (Å²) in [5.41, 5.74) is 3.34. The molecule has 0 aliphatic heterocycles. The van der Waals surface area contributed by atoms with Crippen molar-refractivity contribution in [1.82, 2.24) is 9.55 Å². The third-order valence-corrected chi connectivity index (χ3v) is 4.31. The van der Waals surface area contributed by atoms with E-state index in [1.807, 2.05) is 71.3 Å². The fourth-order valence-electron chi connectivity index (χ4n) is 3.10. The van der Waals surface area contributed by atoms with Crippen LogP contribution in [0.5, 0.6) is 0 Å². The lowest BCUT2D eigenvalue weighted by atomic mass is 10.2. The van der Waals surface area contributed by atoms with Gasteiger partial charge in [-0.05, 0) is 30.3 Å². The van der Waals surface area contributed by atoms with Crippen molar-refractivity contribution in [3.05, 3.63) is 94.9 Å². The molecule has 0 saturated carbocycles. The summed E-state index contributed by atoms with van der Waals surface area (Å²) in [6.45, 7) is 0.384. The highest BCUT2D eigenvalue weighted by molar-refractivity contribution is 5.83. The second-order valence-electron chi connectivity index (χ2n) is 6.18. The Labute approximate surface area is 156 Å². The van der Waals surface area contributed by atoms with Crippen LogP contribution in [0.1, 0.15) is 5.69 Å². The minimum absolute atomic E-state index is 0.0768. The number of benzene rings is 2. The number of hydrogen-bond donors (Lipinski definition) is 1. The van der Waals surface area contributed by atoms with Gasteiger partial charge in [-0.25, -0.2) is 0 Å². The minimum Gasteiger partial charge on any atom is -0.378 e. The Hall–Kier alpha value is -3.44. The first-order chi connectivity index (χ1) is 13.3. The largest absolute Gasteiger partial charge is 0.378 e. The normalized spacial score (nSPS) is 10.9. The standard InChI is InChI=1S/C22H19N3O2/c1-27-15-17-12-20-19(14-23-17)21(26)13-22(24-16-8-4-2-5-9-16)25(20)18-10-6-3-7-11-18/h2-14,24H,15H2,1H3. The van der Waals surface area contributed by atoms with E-state index in [1.165, 1.54) is 0 Å². The molecule has 0 aliphatic rings. The van der Waals surface area contributed by atoms with Gasteiger partial charge in [-0.1, -0.05) is 36.4 Å². The van der Waals surface area contributed by atoms with E-state index >= 15 is 0 Å². The van der Waals surface area contributed by atoms with Crippen molar-refractivity contribution in [2.24, 2.45) is 0 Å². The maximum atomic E-state index is 12.7. The highest BCUT2D eigenvalue weighted by Crippen LogP contribution is 2.25. The fraction of sp³-hybridized carbons (Fsp3) is 0.0909. The van der Waals surface area contributed by atoms with E-state index in [1.54, 1.807) is 19.4 Å². The second kappa shape index (κ2) is 7.43. The molecule has 0 radical (unpaired) electrons. The zero-order chi connectivity index (χ0) is 18.6. The van der Waals surface area contributed by atoms with Gasteiger partial charge >= 0.3 is 0 Å². The van der Waals surface area contributed by atoms with Gasteiger partial charge in [-0.2, -0.15) is 0 Å². The number of pyridine rings is 2. The summed E-state index contributed by atoms with van der Waals surface area (Å²) in [4.78, 5) is 17.1. The molecule has 0 bridgehead atoms. The molecule has 0 unspecified atom stereocenters. The van der Waals surface area contributed by atoms with Gasteiger partial charge < -0.3 is 10.1 Å². The van der Waals surface area contributed by atoms with E-state index in [0.717, 1.165) is 22.6 Å². The summed E-state index contributed by atoms with van der Waals surface area (Å²) in [5, 5.41) is 3.93. The number of ether oxygens (including phenoxy) is 1. The molecular weight excluding hydrogens is 338 g/mol. The number of hydrogen-bond acceptors (Lipinski definition) is 4. The summed E-state index contributed by atoms with van der Waals surface area (Å²) in [7, 11) is 1.63. The Kier molecular flexibility index (Phi) is 4.68. The summed E-state index contributed by atoms with van der Waals surface area (Å²) < 4.78 is 7.25. The van der Waals surface area contributed by atoms with Crippen molar-refractivity contribution in [2.45, 2.75) is 6.61 Å². The summed E-state index contributed by atoms with van der Waals surface area (Å²) in [6, 6.07) is 23.3. The molecule has 4 rings (SSSR count). The maximum Gasteiger partial charge on any atom is 0.193 e. The number of methoxy groups -OCH3 is 1. The Morgan fingerprint density at radius 2 is 1.70 bits per heavy atom. The van der Waals surface area contributed by atoms with Gasteiger partial charge in [0.15, 0.2) is 5.43 Å². The van der Waals surface area contributed by atoms with Gasteiger partial charge in [0.2, 0.25) is 0 Å². The third kappa shape index (κ3) is 3.45. The van der Waals surface area contributed by atoms with Crippen LogP contribution < -0.4 is 10.7 Å². The molecule has 0 fully saturated rings. The van der Waals surface area contributed by atoms with E-state index in [-0.39, 0.29) is 5.43 Å². The van der Waals surface area contributed by atoms with Crippen molar-refractivity contribution < 1.29 is 4.74 Å². The van der Waals surface area contributed by atoms with Gasteiger partial charge in [0, 0.05) is 30.7 Å². The van der Waals surface area contributed by atoms with Crippen molar-refractivity contribution in [1.29, 1.82) is 0 Å². The van der Waals surface area contributed by atoms with Gasteiger partial charge in [-0.15, -0.1) is 0 Å². The molecule has 2 aromatic carbocycles.